The number of aliphatic imine (C=N–C) groups is 1. The normalized spacial score (nSPS) is 17.1. The summed E-state index contributed by atoms with van der Waals surface area (Å²) in [4.78, 5) is 28.0. The zero-order valence-corrected chi connectivity index (χ0v) is 21.3. The molecule has 0 saturated carbocycles. The van der Waals surface area contributed by atoms with Gasteiger partial charge < -0.3 is 11.1 Å². The molecule has 1 unspecified atom stereocenters. The van der Waals surface area contributed by atoms with Crippen molar-refractivity contribution in [1.82, 2.24) is 15.8 Å². The minimum absolute atomic E-state index is 0.00839. The first-order chi connectivity index (χ1) is 17.6. The quantitative estimate of drug-likeness (QED) is 0.415. The molecule has 7 nitrogen and oxygen atoms in total. The second-order valence-electron chi connectivity index (χ2n) is 8.70. The molecule has 1 heterocycles. The number of carbonyl (C=O) groups is 2. The third-order valence-electron chi connectivity index (χ3n) is 5.64. The van der Waals surface area contributed by atoms with Crippen LogP contribution < -0.4 is 16.5 Å². The monoisotopic (exact) mass is 561 g/mol. The average molecular weight is 562 g/mol. The Morgan fingerprint density at radius 2 is 1.84 bits per heavy atom. The Labute approximate surface area is 218 Å². The number of primary amides is 1. The number of halogens is 6. The molecule has 0 bridgehead atoms. The molecule has 2 amide bonds. The number of nitrogens with zero attached hydrogens (tertiary/aromatic N) is 2. The fourth-order valence-corrected chi connectivity index (χ4v) is 4.65. The van der Waals surface area contributed by atoms with Crippen molar-refractivity contribution >= 4 is 29.4 Å². The molecule has 4 N–H and O–H groups in total. The van der Waals surface area contributed by atoms with Gasteiger partial charge in [0.2, 0.25) is 17.9 Å². The molecule has 2 aromatic carbocycles. The van der Waals surface area contributed by atoms with Crippen molar-refractivity contribution in [2.75, 3.05) is 12.0 Å². The Bertz CT molecular complexity index is 1250. The van der Waals surface area contributed by atoms with E-state index in [1.54, 1.807) is 31.4 Å². The number of aryl methyl sites for hydroxylation is 1. The molecule has 0 spiro atoms. The summed E-state index contributed by atoms with van der Waals surface area (Å²) in [6.45, 7) is 2.88. The van der Waals surface area contributed by atoms with E-state index in [0.717, 1.165) is 0 Å². The lowest BCUT2D eigenvalue weighted by Gasteiger charge is -2.25. The molecular weight excluding hydrogens is 536 g/mol. The number of thioether (sulfide) groups is 1. The lowest BCUT2D eigenvalue weighted by atomic mass is 9.91. The molecule has 2 aromatic rings. The zero-order chi connectivity index (χ0) is 28.4. The summed E-state index contributed by atoms with van der Waals surface area (Å²) in [5.41, 5.74) is 8.89. The van der Waals surface area contributed by atoms with Crippen molar-refractivity contribution in [2.24, 2.45) is 10.7 Å². The maximum Gasteiger partial charge on any atom is 0.450 e. The number of amidine groups is 1. The van der Waals surface area contributed by atoms with Crippen LogP contribution in [0.4, 0.5) is 26.3 Å². The predicted octanol–water partition coefficient (Wildman–Crippen LogP) is 4.41. The zero-order valence-electron chi connectivity index (χ0n) is 20.5. The minimum atomic E-state index is -5.08. The van der Waals surface area contributed by atoms with E-state index in [2.05, 4.69) is 10.3 Å². The molecule has 0 fully saturated rings. The molecule has 0 aromatic heterocycles. The molecule has 0 saturated heterocycles. The van der Waals surface area contributed by atoms with E-state index in [4.69, 9.17) is 5.73 Å². The van der Waals surface area contributed by atoms with Gasteiger partial charge >= 0.3 is 12.4 Å². The first kappa shape index (κ1) is 29.3. The maximum absolute atomic E-state index is 13.4. The second kappa shape index (κ2) is 11.2. The van der Waals surface area contributed by atoms with Crippen molar-refractivity contribution in [1.29, 1.82) is 0 Å². The number of amides is 2. The van der Waals surface area contributed by atoms with Crippen molar-refractivity contribution in [3.05, 3.63) is 58.7 Å². The summed E-state index contributed by atoms with van der Waals surface area (Å²) in [7, 11) is 0. The number of nitrogens with two attached hydrogens (primary N) is 1. The number of hydrogen-bond acceptors (Lipinski definition) is 6. The van der Waals surface area contributed by atoms with E-state index in [-0.39, 0.29) is 22.7 Å². The van der Waals surface area contributed by atoms with Gasteiger partial charge in [-0.3, -0.25) is 15.0 Å². The van der Waals surface area contributed by atoms with Crippen LogP contribution in [0.25, 0.3) is 11.1 Å². The molecular formula is C24H25F6N5O2S. The summed E-state index contributed by atoms with van der Waals surface area (Å²) in [5, 5.41) is 3.18. The van der Waals surface area contributed by atoms with Gasteiger partial charge in [-0.25, -0.2) is 4.99 Å². The lowest BCUT2D eigenvalue weighted by molar-refractivity contribution is -0.183. The van der Waals surface area contributed by atoms with Gasteiger partial charge in [-0.05, 0) is 48.4 Å². The van der Waals surface area contributed by atoms with Crippen LogP contribution in [0.3, 0.4) is 0 Å². The number of benzene rings is 2. The predicted molar refractivity (Wildman–Crippen MR) is 132 cm³/mol. The Hall–Kier alpha value is -3.26. The number of rotatable bonds is 8. The molecule has 2 atom stereocenters. The highest BCUT2D eigenvalue weighted by atomic mass is 32.2. The largest absolute Gasteiger partial charge is 0.450 e. The highest BCUT2D eigenvalue weighted by molar-refractivity contribution is 7.98. The van der Waals surface area contributed by atoms with Gasteiger partial charge in [0, 0.05) is 18.3 Å². The van der Waals surface area contributed by atoms with Crippen LogP contribution >= 0.6 is 11.8 Å². The topological polar surface area (TPSA) is 99.8 Å². The number of carbonyl (C=O) groups excluding carboxylic acids is 2. The molecule has 14 heteroatoms. The van der Waals surface area contributed by atoms with Crippen LogP contribution in [-0.4, -0.2) is 59.2 Å². The first-order valence-corrected chi connectivity index (χ1v) is 12.6. The number of alkyl halides is 6. The lowest BCUT2D eigenvalue weighted by Crippen LogP contribution is -2.48. The van der Waals surface area contributed by atoms with Crippen LogP contribution in [0.15, 0.2) is 41.4 Å². The van der Waals surface area contributed by atoms with E-state index in [0.29, 0.717) is 27.5 Å². The number of hydrogen-bond donors (Lipinski definition) is 3. The van der Waals surface area contributed by atoms with Crippen LogP contribution in [0.5, 0.6) is 0 Å². The van der Waals surface area contributed by atoms with Crippen LogP contribution in [-0.2, 0) is 6.54 Å². The fourth-order valence-electron chi connectivity index (χ4n) is 4.07. The highest BCUT2D eigenvalue weighted by Gasteiger charge is 2.52. The van der Waals surface area contributed by atoms with Gasteiger partial charge in [0.25, 0.3) is 5.91 Å². The minimum Gasteiger partial charge on any atom is -0.366 e. The third-order valence-corrected chi connectivity index (χ3v) is 6.48. The van der Waals surface area contributed by atoms with Crippen LogP contribution in [0.2, 0.25) is 0 Å². The summed E-state index contributed by atoms with van der Waals surface area (Å²) in [5.74, 6) is -2.45. The van der Waals surface area contributed by atoms with Crippen molar-refractivity contribution in [3.63, 3.8) is 0 Å². The van der Waals surface area contributed by atoms with E-state index in [1.807, 2.05) is 6.26 Å². The molecule has 206 valence electrons. The summed E-state index contributed by atoms with van der Waals surface area (Å²) in [6, 6.07) is 8.79. The van der Waals surface area contributed by atoms with E-state index >= 15 is 0 Å². The van der Waals surface area contributed by atoms with Crippen molar-refractivity contribution in [3.8, 4) is 11.1 Å². The molecule has 0 radical (unpaired) electrons. The van der Waals surface area contributed by atoms with Crippen LogP contribution in [0.1, 0.15) is 38.8 Å². The molecule has 1 aliphatic heterocycles. The van der Waals surface area contributed by atoms with Gasteiger partial charge in [-0.1, -0.05) is 30.3 Å². The smallest absolute Gasteiger partial charge is 0.366 e. The highest BCUT2D eigenvalue weighted by Crippen LogP contribution is 2.33. The van der Waals surface area contributed by atoms with Crippen molar-refractivity contribution < 1.29 is 35.9 Å². The Balaban J connectivity index is 1.96. The Kier molecular flexibility index (Phi) is 8.66. The summed E-state index contributed by atoms with van der Waals surface area (Å²) in [6.07, 6.45) is -11.0. The molecule has 1 aliphatic rings. The Morgan fingerprint density at radius 3 is 2.39 bits per heavy atom. The summed E-state index contributed by atoms with van der Waals surface area (Å²) >= 11 is 1.52. The standard InChI is InChI=1S/C24H25F6N5O2S/c1-12-9-14(10-35-22(24(28,29)30)33-21(34-35)23(25,26)27)7-8-15(12)16-5-4-6-17(19(31)36)18(16)20(37)32-13(2)11-38-3/h4-9,13,22H,10-11H2,1-3H3,(H2,31,36)(H,32,37)(H,33,34)/t13-,22?/m0/s1. The van der Waals surface area contributed by atoms with Gasteiger partial charge in [-0.15, -0.1) is 0 Å². The van der Waals surface area contributed by atoms with E-state index in [1.165, 1.54) is 36.0 Å². The average Bonchev–Trinajstić information content (AvgIpc) is 3.24. The number of nitrogens with one attached hydrogen (secondary N) is 2. The maximum atomic E-state index is 13.4. The van der Waals surface area contributed by atoms with E-state index < -0.39 is 42.7 Å². The molecule has 38 heavy (non-hydrogen) atoms. The third kappa shape index (κ3) is 6.59. The van der Waals surface area contributed by atoms with Gasteiger partial charge in [0.1, 0.15) is 0 Å². The van der Waals surface area contributed by atoms with Crippen LogP contribution in [0, 0.1) is 6.92 Å². The first-order valence-electron chi connectivity index (χ1n) is 11.2. The molecule has 0 aliphatic carbocycles. The van der Waals surface area contributed by atoms with Gasteiger partial charge in [-0.2, -0.15) is 43.1 Å². The van der Waals surface area contributed by atoms with Gasteiger partial charge in [0.05, 0.1) is 11.1 Å². The second-order valence-corrected chi connectivity index (χ2v) is 9.61. The van der Waals surface area contributed by atoms with Gasteiger partial charge in [0.15, 0.2) is 0 Å². The van der Waals surface area contributed by atoms with E-state index in [9.17, 15) is 35.9 Å². The number of hydrazine groups is 1. The van der Waals surface area contributed by atoms with Crippen molar-refractivity contribution in [2.45, 2.75) is 45.0 Å². The Morgan fingerprint density at radius 1 is 1.16 bits per heavy atom. The fraction of sp³-hybridized carbons (Fsp3) is 0.375. The SMILES string of the molecule is CSC[C@H](C)NC(=O)c1c(C(N)=O)cccc1-c1ccc(CN2NC(C(F)(F)F)=NC2C(F)(F)F)cc1C. The summed E-state index contributed by atoms with van der Waals surface area (Å²) < 4.78 is 79.1. The molecule has 3 rings (SSSR count).